The molecule has 2 aliphatic heterocycles. The summed E-state index contributed by atoms with van der Waals surface area (Å²) in [5.74, 6) is 0.0567. The highest BCUT2D eigenvalue weighted by Gasteiger charge is 2.39. The summed E-state index contributed by atoms with van der Waals surface area (Å²) in [6.45, 7) is 2.88. The van der Waals surface area contributed by atoms with Crippen molar-refractivity contribution in [3.05, 3.63) is 69.7 Å². The summed E-state index contributed by atoms with van der Waals surface area (Å²) in [5, 5.41) is 1.24. The number of rotatable bonds is 4. The molecule has 2 amide bonds. The van der Waals surface area contributed by atoms with E-state index in [0.717, 1.165) is 11.1 Å². The van der Waals surface area contributed by atoms with Crippen molar-refractivity contribution in [1.82, 2.24) is 14.1 Å². The Hall–Kier alpha value is -2.13. The van der Waals surface area contributed by atoms with E-state index in [2.05, 4.69) is 4.99 Å². The minimum atomic E-state index is -3.26. The normalized spacial score (nSPS) is 21.8. The highest BCUT2D eigenvalue weighted by molar-refractivity contribution is 7.89. The van der Waals surface area contributed by atoms with Gasteiger partial charge >= 0.3 is 6.03 Å². The highest BCUT2D eigenvalue weighted by Crippen LogP contribution is 2.41. The Kier molecular flexibility index (Phi) is 6.76. The second kappa shape index (κ2) is 9.39. The van der Waals surface area contributed by atoms with Crippen LogP contribution >= 0.6 is 23.2 Å². The van der Waals surface area contributed by atoms with E-state index >= 15 is 0 Å². The van der Waals surface area contributed by atoms with Gasteiger partial charge in [-0.2, -0.15) is 4.31 Å². The lowest BCUT2D eigenvalue weighted by Crippen LogP contribution is -2.54. The number of hydrogen-bond acceptors (Lipinski definition) is 4. The monoisotopic (exact) mass is 494 g/mol. The molecule has 0 saturated carbocycles. The van der Waals surface area contributed by atoms with Gasteiger partial charge in [0.2, 0.25) is 10.0 Å². The van der Waals surface area contributed by atoms with Crippen LogP contribution in [0.1, 0.15) is 30.1 Å². The van der Waals surface area contributed by atoms with Gasteiger partial charge in [0.1, 0.15) is 6.04 Å². The predicted octanol–water partition coefficient (Wildman–Crippen LogP) is 4.21. The molecule has 1 fully saturated rings. The third-order valence-corrected chi connectivity index (χ3v) is 8.25. The van der Waals surface area contributed by atoms with Gasteiger partial charge in [-0.25, -0.2) is 13.2 Å². The van der Waals surface area contributed by atoms with Crippen molar-refractivity contribution < 1.29 is 13.2 Å². The van der Waals surface area contributed by atoms with Gasteiger partial charge in [0.25, 0.3) is 0 Å². The molecule has 0 unspecified atom stereocenters. The van der Waals surface area contributed by atoms with Crippen LogP contribution in [0.5, 0.6) is 0 Å². The van der Waals surface area contributed by atoms with Crippen molar-refractivity contribution in [2.75, 3.05) is 31.9 Å². The summed E-state index contributed by atoms with van der Waals surface area (Å²) in [5.41, 5.74) is 1.85. The number of halogens is 2. The molecule has 0 N–H and O–H groups in total. The molecule has 0 aromatic heterocycles. The number of sulfonamides is 1. The van der Waals surface area contributed by atoms with Gasteiger partial charge in [-0.1, -0.05) is 47.5 Å². The number of carbonyl (C=O) groups excluding carboxylic acids is 1. The molecule has 2 heterocycles. The smallest absolute Gasteiger partial charge is 0.322 e. The van der Waals surface area contributed by atoms with Crippen LogP contribution in [0.25, 0.3) is 0 Å². The molecule has 32 heavy (non-hydrogen) atoms. The number of nitrogens with zero attached hydrogens (tertiary/aromatic N) is 4. The number of aliphatic imine (C=N–C) groups is 1. The fourth-order valence-corrected chi connectivity index (χ4v) is 5.39. The molecule has 4 rings (SSSR count). The van der Waals surface area contributed by atoms with E-state index in [1.165, 1.54) is 4.31 Å². The largest absolute Gasteiger partial charge is 0.325 e. The fraction of sp³-hybridized carbons (Fsp3) is 0.364. The van der Waals surface area contributed by atoms with E-state index in [1.807, 2.05) is 36.4 Å². The molecule has 170 valence electrons. The molecule has 10 heteroatoms. The number of urea groups is 1. The van der Waals surface area contributed by atoms with Crippen LogP contribution in [0, 0.1) is 0 Å². The Morgan fingerprint density at radius 1 is 0.938 bits per heavy atom. The highest BCUT2D eigenvalue weighted by atomic mass is 35.5. The van der Waals surface area contributed by atoms with E-state index in [9.17, 15) is 13.2 Å². The zero-order valence-corrected chi connectivity index (χ0v) is 19.9. The van der Waals surface area contributed by atoms with Gasteiger partial charge in [0.05, 0.1) is 18.1 Å². The molecule has 0 aliphatic carbocycles. The van der Waals surface area contributed by atoms with E-state index in [0.29, 0.717) is 36.2 Å². The van der Waals surface area contributed by atoms with E-state index in [-0.39, 0.29) is 23.9 Å². The summed E-state index contributed by atoms with van der Waals surface area (Å²) < 4.78 is 25.7. The van der Waals surface area contributed by atoms with Crippen LogP contribution in [0.3, 0.4) is 0 Å². The molecular weight excluding hydrogens is 471 g/mol. The lowest BCUT2D eigenvalue weighted by Gasteiger charge is -2.37. The second-order valence-electron chi connectivity index (χ2n) is 7.73. The Morgan fingerprint density at radius 2 is 1.47 bits per heavy atom. The first-order chi connectivity index (χ1) is 15.3. The molecule has 2 aliphatic rings. The zero-order valence-electron chi connectivity index (χ0n) is 17.6. The number of amides is 2. The molecule has 1 saturated heterocycles. The molecule has 7 nitrogen and oxygen atoms in total. The van der Waals surface area contributed by atoms with Crippen LogP contribution in [-0.2, 0) is 10.0 Å². The SMILES string of the molecule is CCS(=O)(=O)N1CCN(C(=O)N2C=N[C@@H](c3ccc(Cl)cc3)[C@H]2c2ccc(Cl)cc2)CC1. The fourth-order valence-electron chi connectivity index (χ4n) is 4.05. The van der Waals surface area contributed by atoms with Gasteiger partial charge in [-0.05, 0) is 42.3 Å². The molecule has 0 bridgehead atoms. The summed E-state index contributed by atoms with van der Waals surface area (Å²) >= 11 is 12.1. The Morgan fingerprint density at radius 3 is 2.00 bits per heavy atom. The molecule has 0 radical (unpaired) electrons. The van der Waals surface area contributed by atoms with Crippen LogP contribution in [0.4, 0.5) is 4.79 Å². The van der Waals surface area contributed by atoms with Gasteiger partial charge in [0, 0.05) is 36.2 Å². The maximum Gasteiger partial charge on any atom is 0.325 e. The van der Waals surface area contributed by atoms with Crippen LogP contribution in [0.2, 0.25) is 10.0 Å². The second-order valence-corrected chi connectivity index (χ2v) is 10.9. The number of hydrogen-bond donors (Lipinski definition) is 0. The van der Waals surface area contributed by atoms with E-state index in [1.54, 1.807) is 35.2 Å². The predicted molar refractivity (Wildman–Crippen MR) is 127 cm³/mol. The van der Waals surface area contributed by atoms with Crippen molar-refractivity contribution >= 4 is 45.6 Å². The van der Waals surface area contributed by atoms with Crippen molar-refractivity contribution in [3.8, 4) is 0 Å². The Bertz CT molecular complexity index is 1100. The first kappa shape index (κ1) is 23.0. The standard InChI is InChI=1S/C22H24Cl2N4O3S/c1-2-32(30,31)27-13-11-26(12-14-27)22(29)28-15-25-20(16-3-7-18(23)8-4-16)21(28)17-5-9-19(24)10-6-17/h3-10,15,20-21H,2,11-14H2,1H3/t20-,21+/m0/s1. The van der Waals surface area contributed by atoms with Gasteiger partial charge in [0.15, 0.2) is 0 Å². The Balaban J connectivity index is 1.58. The quantitative estimate of drug-likeness (QED) is 0.638. The van der Waals surface area contributed by atoms with Crippen molar-refractivity contribution in [2.24, 2.45) is 4.99 Å². The van der Waals surface area contributed by atoms with Gasteiger partial charge in [-0.3, -0.25) is 9.89 Å². The summed E-state index contributed by atoms with van der Waals surface area (Å²) in [4.78, 5) is 21.4. The van der Waals surface area contributed by atoms with E-state index < -0.39 is 10.0 Å². The number of piperazine rings is 1. The maximum absolute atomic E-state index is 13.5. The average molecular weight is 495 g/mol. The van der Waals surface area contributed by atoms with Crippen LogP contribution in [0.15, 0.2) is 53.5 Å². The van der Waals surface area contributed by atoms with Crippen molar-refractivity contribution in [2.45, 2.75) is 19.0 Å². The molecule has 0 spiro atoms. The van der Waals surface area contributed by atoms with Gasteiger partial charge < -0.3 is 4.90 Å². The topological polar surface area (TPSA) is 73.3 Å². The summed E-state index contributed by atoms with van der Waals surface area (Å²) in [7, 11) is -3.26. The molecule has 2 atom stereocenters. The molecule has 2 aromatic carbocycles. The molecular formula is C22H24Cl2N4O3S. The van der Waals surface area contributed by atoms with Gasteiger partial charge in [-0.15, -0.1) is 0 Å². The van der Waals surface area contributed by atoms with Crippen LogP contribution < -0.4 is 0 Å². The lowest BCUT2D eigenvalue weighted by atomic mass is 9.94. The van der Waals surface area contributed by atoms with Crippen molar-refractivity contribution in [1.29, 1.82) is 0 Å². The minimum absolute atomic E-state index is 0.0567. The minimum Gasteiger partial charge on any atom is -0.322 e. The first-order valence-electron chi connectivity index (χ1n) is 10.4. The Labute approximate surface area is 198 Å². The average Bonchev–Trinajstić information content (AvgIpc) is 3.24. The first-order valence-corrected chi connectivity index (χ1v) is 12.8. The summed E-state index contributed by atoms with van der Waals surface area (Å²) in [6, 6.07) is 14.0. The van der Waals surface area contributed by atoms with Crippen molar-refractivity contribution in [3.63, 3.8) is 0 Å². The lowest BCUT2D eigenvalue weighted by molar-refractivity contribution is 0.144. The zero-order chi connectivity index (χ0) is 22.9. The third-order valence-electron chi connectivity index (χ3n) is 5.86. The summed E-state index contributed by atoms with van der Waals surface area (Å²) in [6.07, 6.45) is 1.58. The number of benzene rings is 2. The van der Waals surface area contributed by atoms with E-state index in [4.69, 9.17) is 23.2 Å². The van der Waals surface area contributed by atoms with Crippen LogP contribution in [-0.4, -0.2) is 66.8 Å². The third kappa shape index (κ3) is 4.64. The molecule has 2 aromatic rings. The number of carbonyl (C=O) groups is 1. The maximum atomic E-state index is 13.5.